The summed E-state index contributed by atoms with van der Waals surface area (Å²) in [4.78, 5) is 19.8. The molecule has 2 rings (SSSR count). The number of amides is 1. The van der Waals surface area contributed by atoms with Crippen LogP contribution >= 0.6 is 0 Å². The van der Waals surface area contributed by atoms with Crippen LogP contribution in [0.4, 0.5) is 5.95 Å². The van der Waals surface area contributed by atoms with Crippen LogP contribution in [0, 0.1) is 13.8 Å². The van der Waals surface area contributed by atoms with Gasteiger partial charge in [0.1, 0.15) is 5.69 Å². The molecule has 0 saturated heterocycles. The number of hydrogen-bond acceptors (Lipinski definition) is 4. The fourth-order valence-electron chi connectivity index (χ4n) is 1.69. The zero-order chi connectivity index (χ0) is 13.8. The third kappa shape index (κ3) is 3.51. The first-order chi connectivity index (χ1) is 9.04. The maximum atomic E-state index is 11.9. The van der Waals surface area contributed by atoms with Crippen LogP contribution in [0.3, 0.4) is 0 Å². The second-order valence-electron chi connectivity index (χ2n) is 4.42. The number of carbonyl (C=O) groups is 1. The van der Waals surface area contributed by atoms with Crippen molar-refractivity contribution in [3.63, 3.8) is 0 Å². The molecule has 5 heteroatoms. The Morgan fingerprint density at radius 3 is 2.53 bits per heavy atom. The van der Waals surface area contributed by atoms with Crippen molar-refractivity contribution in [2.45, 2.75) is 20.4 Å². The molecule has 1 aromatic carbocycles. The molecule has 0 aliphatic heterocycles. The molecule has 1 aromatic heterocycles. The molecule has 0 atom stereocenters. The maximum absolute atomic E-state index is 11.9. The highest BCUT2D eigenvalue weighted by Gasteiger charge is 2.09. The molecule has 3 N–H and O–H groups in total. The fourth-order valence-corrected chi connectivity index (χ4v) is 1.69. The standard InChI is InChI=1S/C14H16N4O/c1-9-3-5-11(6-4-9)8-16-13(19)12-7-10(2)17-14(15)18-12/h3-7H,8H2,1-2H3,(H,16,19)(H2,15,17,18). The number of hydrogen-bond donors (Lipinski definition) is 2. The van der Waals surface area contributed by atoms with Gasteiger partial charge in [0.25, 0.3) is 5.91 Å². The van der Waals surface area contributed by atoms with Crippen molar-refractivity contribution in [3.05, 3.63) is 52.8 Å². The molecule has 0 bridgehead atoms. The van der Waals surface area contributed by atoms with Gasteiger partial charge in [-0.3, -0.25) is 4.79 Å². The molecule has 0 unspecified atom stereocenters. The van der Waals surface area contributed by atoms with E-state index >= 15 is 0 Å². The predicted octanol–water partition coefficient (Wildman–Crippen LogP) is 1.61. The quantitative estimate of drug-likeness (QED) is 0.874. The van der Waals surface area contributed by atoms with Gasteiger partial charge in [0.05, 0.1) is 0 Å². The lowest BCUT2D eigenvalue weighted by atomic mass is 10.1. The molecule has 1 amide bonds. The van der Waals surface area contributed by atoms with Crippen LogP contribution < -0.4 is 11.1 Å². The molecule has 1 heterocycles. The number of nitrogens with one attached hydrogen (secondary N) is 1. The van der Waals surface area contributed by atoms with Gasteiger partial charge in [0.2, 0.25) is 5.95 Å². The molecule has 5 nitrogen and oxygen atoms in total. The SMILES string of the molecule is Cc1ccc(CNC(=O)c2cc(C)nc(N)n2)cc1. The molecule has 0 radical (unpaired) electrons. The van der Waals surface area contributed by atoms with Gasteiger partial charge in [0.15, 0.2) is 0 Å². The molecular weight excluding hydrogens is 240 g/mol. The fraction of sp³-hybridized carbons (Fsp3) is 0.214. The van der Waals surface area contributed by atoms with Crippen LogP contribution in [0.25, 0.3) is 0 Å². The highest BCUT2D eigenvalue weighted by molar-refractivity contribution is 5.92. The van der Waals surface area contributed by atoms with E-state index in [1.54, 1.807) is 13.0 Å². The number of aryl methyl sites for hydroxylation is 2. The highest BCUT2D eigenvalue weighted by atomic mass is 16.1. The smallest absolute Gasteiger partial charge is 0.270 e. The normalized spacial score (nSPS) is 10.2. The number of nitrogen functional groups attached to an aromatic ring is 1. The Morgan fingerprint density at radius 2 is 1.89 bits per heavy atom. The monoisotopic (exact) mass is 256 g/mol. The topological polar surface area (TPSA) is 80.9 Å². The summed E-state index contributed by atoms with van der Waals surface area (Å²) in [7, 11) is 0. The van der Waals surface area contributed by atoms with Gasteiger partial charge in [-0.25, -0.2) is 9.97 Å². The predicted molar refractivity (Wildman–Crippen MR) is 73.5 cm³/mol. The second-order valence-corrected chi connectivity index (χ2v) is 4.42. The van der Waals surface area contributed by atoms with Crippen LogP contribution in [-0.2, 0) is 6.54 Å². The minimum atomic E-state index is -0.252. The second kappa shape index (κ2) is 5.48. The number of carbonyl (C=O) groups excluding carboxylic acids is 1. The molecule has 0 aliphatic carbocycles. The van der Waals surface area contributed by atoms with Crippen LogP contribution in [-0.4, -0.2) is 15.9 Å². The van der Waals surface area contributed by atoms with Crippen LogP contribution in [0.15, 0.2) is 30.3 Å². The van der Waals surface area contributed by atoms with E-state index in [4.69, 9.17) is 5.73 Å². The Morgan fingerprint density at radius 1 is 1.21 bits per heavy atom. The lowest BCUT2D eigenvalue weighted by Gasteiger charge is -2.06. The zero-order valence-corrected chi connectivity index (χ0v) is 11.0. The summed E-state index contributed by atoms with van der Waals surface area (Å²) >= 11 is 0. The van der Waals surface area contributed by atoms with Crippen molar-refractivity contribution < 1.29 is 4.79 Å². The summed E-state index contributed by atoms with van der Waals surface area (Å²) in [6, 6.07) is 9.59. The van der Waals surface area contributed by atoms with Crippen molar-refractivity contribution in [1.29, 1.82) is 0 Å². The molecule has 2 aromatic rings. The van der Waals surface area contributed by atoms with Gasteiger partial charge >= 0.3 is 0 Å². The van der Waals surface area contributed by atoms with Gasteiger partial charge in [-0.15, -0.1) is 0 Å². The van der Waals surface area contributed by atoms with E-state index in [9.17, 15) is 4.79 Å². The average Bonchev–Trinajstić information content (AvgIpc) is 2.36. The summed E-state index contributed by atoms with van der Waals surface area (Å²) in [6.07, 6.45) is 0. The van der Waals surface area contributed by atoms with Crippen molar-refractivity contribution in [3.8, 4) is 0 Å². The Bertz CT molecular complexity index is 573. The molecule has 0 aliphatic rings. The maximum Gasteiger partial charge on any atom is 0.270 e. The molecule has 0 fully saturated rings. The molecule has 19 heavy (non-hydrogen) atoms. The Hall–Kier alpha value is -2.43. The summed E-state index contributed by atoms with van der Waals surface area (Å²) in [6.45, 7) is 4.26. The van der Waals surface area contributed by atoms with E-state index in [2.05, 4.69) is 15.3 Å². The first kappa shape index (κ1) is 13.0. The van der Waals surface area contributed by atoms with Crippen molar-refractivity contribution >= 4 is 11.9 Å². The van der Waals surface area contributed by atoms with E-state index in [1.807, 2.05) is 31.2 Å². The van der Waals surface area contributed by atoms with Crippen molar-refractivity contribution in [2.24, 2.45) is 0 Å². The third-order valence-corrected chi connectivity index (χ3v) is 2.68. The summed E-state index contributed by atoms with van der Waals surface area (Å²) in [5, 5.41) is 2.80. The molecule has 98 valence electrons. The van der Waals surface area contributed by atoms with E-state index in [0.717, 1.165) is 5.56 Å². The minimum Gasteiger partial charge on any atom is -0.368 e. The van der Waals surface area contributed by atoms with E-state index in [1.165, 1.54) is 5.56 Å². The summed E-state index contributed by atoms with van der Waals surface area (Å²) in [5.41, 5.74) is 8.71. The van der Waals surface area contributed by atoms with Crippen LogP contribution in [0.2, 0.25) is 0 Å². The van der Waals surface area contributed by atoms with Crippen LogP contribution in [0.5, 0.6) is 0 Å². The lowest BCUT2D eigenvalue weighted by Crippen LogP contribution is -2.24. The van der Waals surface area contributed by atoms with E-state index in [-0.39, 0.29) is 17.5 Å². The first-order valence-corrected chi connectivity index (χ1v) is 5.99. The zero-order valence-electron chi connectivity index (χ0n) is 11.0. The third-order valence-electron chi connectivity index (χ3n) is 2.68. The molecule has 0 spiro atoms. The van der Waals surface area contributed by atoms with Crippen molar-refractivity contribution in [2.75, 3.05) is 5.73 Å². The first-order valence-electron chi connectivity index (χ1n) is 5.99. The molecular formula is C14H16N4O. The Labute approximate surface area is 111 Å². The number of nitrogens with zero attached hydrogens (tertiary/aromatic N) is 2. The van der Waals surface area contributed by atoms with E-state index < -0.39 is 0 Å². The highest BCUT2D eigenvalue weighted by Crippen LogP contribution is 2.04. The van der Waals surface area contributed by atoms with Gasteiger partial charge in [-0.1, -0.05) is 29.8 Å². The van der Waals surface area contributed by atoms with Gasteiger partial charge in [-0.2, -0.15) is 0 Å². The summed E-state index contributed by atoms with van der Waals surface area (Å²) < 4.78 is 0. The number of aromatic nitrogens is 2. The van der Waals surface area contributed by atoms with Gasteiger partial charge < -0.3 is 11.1 Å². The van der Waals surface area contributed by atoms with Crippen LogP contribution in [0.1, 0.15) is 27.3 Å². The van der Waals surface area contributed by atoms with Gasteiger partial charge in [0, 0.05) is 12.2 Å². The number of rotatable bonds is 3. The number of nitrogens with two attached hydrogens (primary N) is 1. The Kier molecular flexibility index (Phi) is 3.75. The van der Waals surface area contributed by atoms with Crippen molar-refractivity contribution in [1.82, 2.24) is 15.3 Å². The van der Waals surface area contributed by atoms with Gasteiger partial charge in [-0.05, 0) is 25.5 Å². The number of anilines is 1. The lowest BCUT2D eigenvalue weighted by molar-refractivity contribution is 0.0946. The summed E-state index contributed by atoms with van der Waals surface area (Å²) in [5.74, 6) is -0.140. The minimum absolute atomic E-state index is 0.112. The average molecular weight is 256 g/mol. The number of benzene rings is 1. The largest absolute Gasteiger partial charge is 0.368 e. The molecule has 0 saturated carbocycles. The Balaban J connectivity index is 2.03. The van der Waals surface area contributed by atoms with E-state index in [0.29, 0.717) is 12.2 Å².